The first-order chi connectivity index (χ1) is 7.79. The van der Waals surface area contributed by atoms with Crippen LogP contribution in [0, 0.1) is 0 Å². The van der Waals surface area contributed by atoms with Crippen molar-refractivity contribution >= 4 is 12.6 Å². The summed E-state index contributed by atoms with van der Waals surface area (Å²) < 4.78 is 0. The number of hydrogen-bond acceptors (Lipinski definition) is 1. The van der Waals surface area contributed by atoms with E-state index in [1.165, 1.54) is 44.1 Å². The van der Waals surface area contributed by atoms with E-state index in [-0.39, 0.29) is 0 Å². The predicted octanol–water partition coefficient (Wildman–Crippen LogP) is 5.44. The number of unbranched alkanes of at least 4 members (excludes halogenated alkanes) is 2. The lowest BCUT2D eigenvalue weighted by Crippen LogP contribution is -2.00. The molecular formula is C15H24S. The van der Waals surface area contributed by atoms with Gasteiger partial charge in [0.25, 0.3) is 0 Å². The molecule has 0 saturated heterocycles. The van der Waals surface area contributed by atoms with Gasteiger partial charge in [0.2, 0.25) is 0 Å². The molecule has 1 aromatic carbocycles. The van der Waals surface area contributed by atoms with Gasteiger partial charge in [-0.25, -0.2) is 0 Å². The zero-order valence-corrected chi connectivity index (χ0v) is 11.5. The van der Waals surface area contributed by atoms with E-state index < -0.39 is 0 Å². The summed E-state index contributed by atoms with van der Waals surface area (Å²) >= 11 is 4.58. The van der Waals surface area contributed by atoms with Gasteiger partial charge in [0, 0.05) is 4.90 Å². The maximum atomic E-state index is 4.58. The van der Waals surface area contributed by atoms with Crippen LogP contribution in [0.15, 0.2) is 29.2 Å². The van der Waals surface area contributed by atoms with Gasteiger partial charge in [0.05, 0.1) is 0 Å². The third kappa shape index (κ3) is 4.21. The summed E-state index contributed by atoms with van der Waals surface area (Å²) in [5.41, 5.74) is 1.45. The average Bonchev–Trinajstić information content (AvgIpc) is 2.29. The normalized spacial score (nSPS) is 12.7. The zero-order valence-electron chi connectivity index (χ0n) is 10.6. The fraction of sp³-hybridized carbons (Fsp3) is 0.600. The Morgan fingerprint density at radius 1 is 1.00 bits per heavy atom. The fourth-order valence-electron chi connectivity index (χ4n) is 2.28. The molecule has 0 N–H and O–H groups in total. The summed E-state index contributed by atoms with van der Waals surface area (Å²) in [5, 5.41) is 0. The van der Waals surface area contributed by atoms with E-state index >= 15 is 0 Å². The van der Waals surface area contributed by atoms with Crippen molar-refractivity contribution in [1.29, 1.82) is 0 Å². The minimum atomic E-state index is 0.713. The molecule has 0 bridgehead atoms. The Balaban J connectivity index is 2.65. The number of thiol groups is 1. The van der Waals surface area contributed by atoms with E-state index in [9.17, 15) is 0 Å². The molecule has 0 nitrogen and oxygen atoms in total. The second kappa shape index (κ2) is 7.78. The SMILES string of the molecule is CCCCCC(CCC)c1ccccc1S. The quantitative estimate of drug-likeness (QED) is 0.473. The van der Waals surface area contributed by atoms with Crippen LogP contribution in [0.4, 0.5) is 0 Å². The summed E-state index contributed by atoms with van der Waals surface area (Å²) in [6, 6.07) is 8.56. The highest BCUT2D eigenvalue weighted by molar-refractivity contribution is 7.80. The maximum absolute atomic E-state index is 4.58. The van der Waals surface area contributed by atoms with Crippen LogP contribution in [0.5, 0.6) is 0 Å². The molecule has 0 radical (unpaired) electrons. The Hall–Kier alpha value is -0.430. The topological polar surface area (TPSA) is 0 Å². The lowest BCUT2D eigenvalue weighted by atomic mass is 9.89. The average molecular weight is 236 g/mol. The number of hydrogen-bond donors (Lipinski definition) is 1. The van der Waals surface area contributed by atoms with Crippen LogP contribution >= 0.6 is 12.6 Å². The van der Waals surface area contributed by atoms with Crippen molar-refractivity contribution < 1.29 is 0 Å². The summed E-state index contributed by atoms with van der Waals surface area (Å²) in [4.78, 5) is 1.16. The molecule has 0 amide bonds. The van der Waals surface area contributed by atoms with Crippen LogP contribution in [-0.2, 0) is 0 Å². The smallest absolute Gasteiger partial charge is 0.00748 e. The van der Waals surface area contributed by atoms with Crippen molar-refractivity contribution in [1.82, 2.24) is 0 Å². The molecule has 0 heterocycles. The minimum Gasteiger partial charge on any atom is -0.143 e. The fourth-order valence-corrected chi connectivity index (χ4v) is 2.62. The van der Waals surface area contributed by atoms with Gasteiger partial charge >= 0.3 is 0 Å². The van der Waals surface area contributed by atoms with E-state index in [0.717, 1.165) is 4.90 Å². The third-order valence-electron chi connectivity index (χ3n) is 3.17. The van der Waals surface area contributed by atoms with Crippen molar-refractivity contribution in [2.45, 2.75) is 63.2 Å². The molecule has 0 aliphatic heterocycles. The molecule has 16 heavy (non-hydrogen) atoms. The molecule has 0 spiro atoms. The highest BCUT2D eigenvalue weighted by Crippen LogP contribution is 2.31. The Morgan fingerprint density at radius 2 is 1.75 bits per heavy atom. The molecule has 1 atom stereocenters. The van der Waals surface area contributed by atoms with Crippen LogP contribution in [0.1, 0.15) is 63.9 Å². The Kier molecular flexibility index (Phi) is 6.63. The first-order valence-corrected chi connectivity index (χ1v) is 7.02. The third-order valence-corrected chi connectivity index (χ3v) is 3.58. The lowest BCUT2D eigenvalue weighted by molar-refractivity contribution is 0.523. The van der Waals surface area contributed by atoms with E-state index in [4.69, 9.17) is 0 Å². The highest BCUT2D eigenvalue weighted by Gasteiger charge is 2.12. The second-order valence-corrected chi connectivity index (χ2v) is 5.02. The molecule has 0 aliphatic rings. The summed E-state index contributed by atoms with van der Waals surface area (Å²) in [6.45, 7) is 4.54. The van der Waals surface area contributed by atoms with Gasteiger partial charge in [-0.2, -0.15) is 0 Å². The zero-order chi connectivity index (χ0) is 11.8. The predicted molar refractivity (Wildman–Crippen MR) is 75.5 cm³/mol. The van der Waals surface area contributed by atoms with E-state index in [2.05, 4.69) is 50.7 Å². The summed E-state index contributed by atoms with van der Waals surface area (Å²) in [6.07, 6.45) is 7.89. The standard InChI is InChI=1S/C15H24S/c1-3-5-6-10-13(9-4-2)14-11-7-8-12-15(14)16/h7-8,11-13,16H,3-6,9-10H2,1-2H3. The van der Waals surface area contributed by atoms with Crippen molar-refractivity contribution in [2.24, 2.45) is 0 Å². The van der Waals surface area contributed by atoms with Crippen LogP contribution < -0.4 is 0 Å². The van der Waals surface area contributed by atoms with Gasteiger partial charge in [-0.05, 0) is 30.4 Å². The highest BCUT2D eigenvalue weighted by atomic mass is 32.1. The molecule has 90 valence electrons. The van der Waals surface area contributed by atoms with E-state index in [1.807, 2.05) is 0 Å². The molecule has 1 rings (SSSR count). The number of rotatable bonds is 7. The molecule has 1 aromatic rings. The summed E-state index contributed by atoms with van der Waals surface area (Å²) in [7, 11) is 0. The lowest BCUT2D eigenvalue weighted by Gasteiger charge is -2.18. The molecular weight excluding hydrogens is 212 g/mol. The second-order valence-electron chi connectivity index (χ2n) is 4.54. The van der Waals surface area contributed by atoms with Gasteiger partial charge < -0.3 is 0 Å². The largest absolute Gasteiger partial charge is 0.143 e. The Morgan fingerprint density at radius 3 is 2.38 bits per heavy atom. The molecule has 0 aromatic heterocycles. The first-order valence-electron chi connectivity index (χ1n) is 6.57. The summed E-state index contributed by atoms with van der Waals surface area (Å²) in [5.74, 6) is 0.713. The van der Waals surface area contributed by atoms with Crippen molar-refractivity contribution in [2.75, 3.05) is 0 Å². The van der Waals surface area contributed by atoms with Crippen molar-refractivity contribution in [3.8, 4) is 0 Å². The van der Waals surface area contributed by atoms with Crippen LogP contribution in [0.2, 0.25) is 0 Å². The van der Waals surface area contributed by atoms with E-state index in [1.54, 1.807) is 0 Å². The Bertz CT molecular complexity index is 293. The number of benzene rings is 1. The molecule has 0 saturated carbocycles. The molecule has 1 heteroatoms. The van der Waals surface area contributed by atoms with Gasteiger partial charge in [-0.3, -0.25) is 0 Å². The first kappa shape index (κ1) is 13.6. The minimum absolute atomic E-state index is 0.713. The Labute approximate surface area is 106 Å². The molecule has 1 unspecified atom stereocenters. The molecule has 0 fully saturated rings. The maximum Gasteiger partial charge on any atom is 0.00748 e. The van der Waals surface area contributed by atoms with Gasteiger partial charge in [-0.1, -0.05) is 57.7 Å². The van der Waals surface area contributed by atoms with Crippen molar-refractivity contribution in [3.05, 3.63) is 29.8 Å². The van der Waals surface area contributed by atoms with Gasteiger partial charge in [-0.15, -0.1) is 12.6 Å². The van der Waals surface area contributed by atoms with Crippen molar-refractivity contribution in [3.63, 3.8) is 0 Å². The van der Waals surface area contributed by atoms with Gasteiger partial charge in [0.1, 0.15) is 0 Å². The molecule has 0 aliphatic carbocycles. The van der Waals surface area contributed by atoms with Crippen LogP contribution in [0.25, 0.3) is 0 Å². The van der Waals surface area contributed by atoms with Gasteiger partial charge in [0.15, 0.2) is 0 Å². The van der Waals surface area contributed by atoms with E-state index in [0.29, 0.717) is 5.92 Å². The van der Waals surface area contributed by atoms with Crippen LogP contribution in [-0.4, -0.2) is 0 Å². The monoisotopic (exact) mass is 236 g/mol. The van der Waals surface area contributed by atoms with Crippen LogP contribution in [0.3, 0.4) is 0 Å².